The fourth-order valence-corrected chi connectivity index (χ4v) is 4.84. The van der Waals surface area contributed by atoms with Gasteiger partial charge in [-0.2, -0.15) is 0 Å². The number of sulfonamides is 1. The fourth-order valence-electron chi connectivity index (χ4n) is 3.56. The first kappa shape index (κ1) is 20.1. The molecule has 1 aromatic heterocycles. The van der Waals surface area contributed by atoms with Crippen LogP contribution in [0.4, 0.5) is 0 Å². The Balaban J connectivity index is 1.79. The number of aryl methyl sites for hydroxylation is 2. The summed E-state index contributed by atoms with van der Waals surface area (Å²) in [5.74, 6) is 0. The van der Waals surface area contributed by atoms with Crippen LogP contribution in [0.15, 0.2) is 88.7 Å². The van der Waals surface area contributed by atoms with Crippen molar-refractivity contribution < 1.29 is 8.42 Å². The molecule has 0 aliphatic carbocycles. The van der Waals surface area contributed by atoms with E-state index < -0.39 is 10.0 Å². The minimum absolute atomic E-state index is 0.0844. The molecule has 1 N–H and O–H groups in total. The number of rotatable bonds is 5. The van der Waals surface area contributed by atoms with E-state index in [1.807, 2.05) is 54.6 Å². The van der Waals surface area contributed by atoms with Crippen LogP contribution in [0.3, 0.4) is 0 Å². The summed E-state index contributed by atoms with van der Waals surface area (Å²) in [6.07, 6.45) is 1.75. The Bertz CT molecular complexity index is 1390. The topological polar surface area (TPSA) is 68.2 Å². The van der Waals surface area contributed by atoms with E-state index >= 15 is 0 Å². The zero-order valence-corrected chi connectivity index (χ0v) is 17.6. The lowest BCUT2D eigenvalue weighted by atomic mass is 10.00. The average Bonchev–Trinajstić information content (AvgIpc) is 2.76. The Morgan fingerprint density at radius 2 is 1.57 bits per heavy atom. The molecule has 3 aromatic carbocycles. The summed E-state index contributed by atoms with van der Waals surface area (Å²) in [5, 5.41) is 1.40. The van der Waals surface area contributed by atoms with Crippen LogP contribution in [0.1, 0.15) is 11.1 Å². The molecule has 5 nitrogen and oxygen atoms in total. The van der Waals surface area contributed by atoms with Crippen molar-refractivity contribution in [1.29, 1.82) is 0 Å². The molecule has 0 aliphatic rings. The van der Waals surface area contributed by atoms with Crippen LogP contribution in [0.2, 0.25) is 0 Å². The van der Waals surface area contributed by atoms with Crippen LogP contribution < -0.4 is 10.3 Å². The van der Waals surface area contributed by atoms with Crippen molar-refractivity contribution in [2.45, 2.75) is 18.4 Å². The molecular formula is C24H22N2O3S. The van der Waals surface area contributed by atoms with Crippen molar-refractivity contribution in [1.82, 2.24) is 9.29 Å². The Labute approximate surface area is 175 Å². The number of pyridine rings is 1. The SMILES string of the molecule is Cc1ccc(-c2cn(C)c(=O)c3ccccc23)cc1S(=O)(=O)NCc1ccccc1. The lowest BCUT2D eigenvalue weighted by Crippen LogP contribution is -2.24. The first-order chi connectivity index (χ1) is 14.4. The van der Waals surface area contributed by atoms with E-state index in [4.69, 9.17) is 0 Å². The Hall–Kier alpha value is -3.22. The number of aromatic nitrogens is 1. The summed E-state index contributed by atoms with van der Waals surface area (Å²) in [6, 6.07) is 22.1. The minimum atomic E-state index is -3.71. The molecule has 0 amide bonds. The number of benzene rings is 3. The Morgan fingerprint density at radius 3 is 2.30 bits per heavy atom. The second-order valence-electron chi connectivity index (χ2n) is 7.29. The van der Waals surface area contributed by atoms with E-state index in [0.29, 0.717) is 10.9 Å². The van der Waals surface area contributed by atoms with E-state index in [1.165, 1.54) is 4.57 Å². The molecule has 6 heteroatoms. The number of nitrogens with one attached hydrogen (secondary N) is 1. The smallest absolute Gasteiger partial charge is 0.258 e. The van der Waals surface area contributed by atoms with E-state index in [1.54, 1.807) is 38.4 Å². The molecule has 0 atom stereocenters. The highest BCUT2D eigenvalue weighted by molar-refractivity contribution is 7.89. The Kier molecular flexibility index (Phi) is 5.28. The highest BCUT2D eigenvalue weighted by Gasteiger charge is 2.18. The van der Waals surface area contributed by atoms with E-state index in [2.05, 4.69) is 4.72 Å². The van der Waals surface area contributed by atoms with E-state index in [0.717, 1.165) is 22.1 Å². The fraction of sp³-hybridized carbons (Fsp3) is 0.125. The third-order valence-corrected chi connectivity index (χ3v) is 6.73. The van der Waals surface area contributed by atoms with Gasteiger partial charge in [-0.25, -0.2) is 13.1 Å². The first-order valence-corrected chi connectivity index (χ1v) is 11.1. The van der Waals surface area contributed by atoms with Gasteiger partial charge in [0.2, 0.25) is 10.0 Å². The van der Waals surface area contributed by atoms with Gasteiger partial charge in [0.1, 0.15) is 0 Å². The summed E-state index contributed by atoms with van der Waals surface area (Å²) in [4.78, 5) is 12.7. The van der Waals surface area contributed by atoms with Crippen molar-refractivity contribution in [3.63, 3.8) is 0 Å². The molecule has 152 valence electrons. The summed E-state index contributed by atoms with van der Waals surface area (Å²) in [7, 11) is -2.01. The van der Waals surface area contributed by atoms with Gasteiger partial charge in [0, 0.05) is 30.7 Å². The molecule has 0 saturated carbocycles. The number of hydrogen-bond acceptors (Lipinski definition) is 3. The van der Waals surface area contributed by atoms with Gasteiger partial charge in [-0.1, -0.05) is 60.7 Å². The van der Waals surface area contributed by atoms with Gasteiger partial charge >= 0.3 is 0 Å². The lowest BCUT2D eigenvalue weighted by Gasteiger charge is -2.14. The van der Waals surface area contributed by atoms with E-state index in [9.17, 15) is 13.2 Å². The van der Waals surface area contributed by atoms with Crippen molar-refractivity contribution in [3.05, 3.63) is 100 Å². The zero-order chi connectivity index (χ0) is 21.3. The molecule has 0 fully saturated rings. The molecule has 0 saturated heterocycles. The molecule has 0 unspecified atom stereocenters. The van der Waals surface area contributed by atoms with Crippen molar-refractivity contribution in [3.8, 4) is 11.1 Å². The normalized spacial score (nSPS) is 11.7. The number of fused-ring (bicyclic) bond motifs is 1. The molecule has 0 bridgehead atoms. The molecule has 0 aliphatic heterocycles. The zero-order valence-electron chi connectivity index (χ0n) is 16.8. The maximum atomic E-state index is 13.0. The third-order valence-electron chi connectivity index (χ3n) is 5.19. The van der Waals surface area contributed by atoms with Gasteiger partial charge in [0.15, 0.2) is 0 Å². The van der Waals surface area contributed by atoms with Crippen LogP contribution in [-0.4, -0.2) is 13.0 Å². The van der Waals surface area contributed by atoms with Gasteiger partial charge in [-0.05, 0) is 41.1 Å². The second kappa shape index (κ2) is 7.89. The molecule has 30 heavy (non-hydrogen) atoms. The number of nitrogens with zero attached hydrogens (tertiary/aromatic N) is 1. The predicted octanol–water partition coefficient (Wildman–Crippen LogP) is 3.99. The standard InChI is InChI=1S/C24H22N2O3S/c1-17-12-13-19(22-16-26(2)24(27)21-11-7-6-10-20(21)22)14-23(17)30(28,29)25-15-18-8-4-3-5-9-18/h3-14,16,25H,15H2,1-2H3. The molecule has 1 heterocycles. The van der Waals surface area contributed by atoms with Gasteiger partial charge in [0.25, 0.3) is 5.56 Å². The molecule has 0 radical (unpaired) electrons. The minimum Gasteiger partial charge on any atom is -0.317 e. The van der Waals surface area contributed by atoms with Gasteiger partial charge in [0.05, 0.1) is 4.90 Å². The van der Waals surface area contributed by atoms with Crippen LogP contribution in [-0.2, 0) is 23.6 Å². The summed E-state index contributed by atoms with van der Waals surface area (Å²) >= 11 is 0. The Morgan fingerprint density at radius 1 is 0.900 bits per heavy atom. The van der Waals surface area contributed by atoms with Crippen LogP contribution in [0.5, 0.6) is 0 Å². The molecule has 4 aromatic rings. The summed E-state index contributed by atoms with van der Waals surface area (Å²) in [6.45, 7) is 2.00. The maximum Gasteiger partial charge on any atom is 0.258 e. The lowest BCUT2D eigenvalue weighted by molar-refractivity contribution is 0.580. The largest absolute Gasteiger partial charge is 0.317 e. The van der Waals surface area contributed by atoms with Crippen LogP contribution in [0.25, 0.3) is 21.9 Å². The van der Waals surface area contributed by atoms with Crippen LogP contribution in [0, 0.1) is 6.92 Å². The van der Waals surface area contributed by atoms with Crippen molar-refractivity contribution >= 4 is 20.8 Å². The van der Waals surface area contributed by atoms with Crippen LogP contribution >= 0.6 is 0 Å². The summed E-state index contributed by atoms with van der Waals surface area (Å²) in [5.41, 5.74) is 3.02. The quantitative estimate of drug-likeness (QED) is 0.533. The summed E-state index contributed by atoms with van der Waals surface area (Å²) < 4.78 is 30.3. The molecule has 4 rings (SSSR count). The first-order valence-electron chi connectivity index (χ1n) is 9.60. The molecular weight excluding hydrogens is 396 g/mol. The van der Waals surface area contributed by atoms with Crippen molar-refractivity contribution in [2.24, 2.45) is 7.05 Å². The second-order valence-corrected chi connectivity index (χ2v) is 9.03. The van der Waals surface area contributed by atoms with Gasteiger partial charge in [-0.15, -0.1) is 0 Å². The van der Waals surface area contributed by atoms with Crippen molar-refractivity contribution in [2.75, 3.05) is 0 Å². The monoisotopic (exact) mass is 418 g/mol. The number of hydrogen-bond donors (Lipinski definition) is 1. The van der Waals surface area contributed by atoms with E-state index in [-0.39, 0.29) is 17.0 Å². The predicted molar refractivity (Wildman–Crippen MR) is 120 cm³/mol. The highest BCUT2D eigenvalue weighted by atomic mass is 32.2. The maximum absolute atomic E-state index is 13.0. The highest BCUT2D eigenvalue weighted by Crippen LogP contribution is 2.29. The van der Waals surface area contributed by atoms with Gasteiger partial charge < -0.3 is 4.57 Å². The average molecular weight is 419 g/mol. The van der Waals surface area contributed by atoms with Gasteiger partial charge in [-0.3, -0.25) is 4.79 Å². The molecule has 0 spiro atoms. The third kappa shape index (κ3) is 3.79.